The summed E-state index contributed by atoms with van der Waals surface area (Å²) in [7, 11) is 0. The predicted molar refractivity (Wildman–Crippen MR) is 50.7 cm³/mol. The van der Waals surface area contributed by atoms with Gasteiger partial charge in [0.1, 0.15) is 0 Å². The zero-order valence-electron chi connectivity index (χ0n) is 8.81. The molecular formula is C7H5N5ORaRbRe. The number of nitrogens with two attached hydrogens (primary N) is 1. The number of hydrogen-bond donors (Lipinski definition) is 1. The van der Waals surface area contributed by atoms with Crippen LogP contribution >= 0.6 is 0 Å². The standard InChI is InChI=1S/C7H5N5O.Ra.Rb.Re.H/c8-3-1-10-5-4(3)11-2-12-6(5)7(9)13;;;;/h1-2H,(H3,8,10,11,12,13);;;;/q;;;+1;/p-1. The number of rotatable bonds is 1. The van der Waals surface area contributed by atoms with E-state index in [0.29, 0.717) is 16.9 Å². The van der Waals surface area contributed by atoms with Crippen molar-refractivity contribution in [1.82, 2.24) is 7.34 Å². The van der Waals surface area contributed by atoms with Gasteiger partial charge in [0.15, 0.2) is 0 Å². The van der Waals surface area contributed by atoms with Crippen LogP contribution in [-0.4, -0.2) is 69.3 Å². The van der Waals surface area contributed by atoms with Gasteiger partial charge in [0.25, 0.3) is 0 Å². The molecule has 0 bridgehead atoms. The van der Waals surface area contributed by atoms with Gasteiger partial charge in [0, 0.05) is 0 Å². The minimum atomic E-state index is 0.0456. The van der Waals surface area contributed by atoms with Crippen LogP contribution < -0.4 is 5.73 Å². The van der Waals surface area contributed by atoms with Crippen molar-refractivity contribution < 1.29 is 67.4 Å². The maximum absolute atomic E-state index is 12.0. The molecule has 0 aliphatic rings. The monoisotopic (exact) mass is 673 g/mol. The Morgan fingerprint density at radius 2 is 2.31 bits per heavy atom. The zero-order chi connectivity index (χ0) is 11.9. The van der Waals surface area contributed by atoms with Crippen LogP contribution in [0.5, 0.6) is 0 Å². The van der Waals surface area contributed by atoms with Crippen LogP contribution in [0.3, 0.4) is 0 Å². The van der Waals surface area contributed by atoms with E-state index in [-0.39, 0.29) is 105 Å². The number of carbonyl (C=O) groups is 1. The van der Waals surface area contributed by atoms with Crippen molar-refractivity contribution in [1.29, 1.82) is 0 Å². The summed E-state index contributed by atoms with van der Waals surface area (Å²) in [5.74, 6) is 0.0456. The predicted octanol–water partition coefficient (Wildman–Crippen LogP) is -0.954. The zero-order valence-corrected chi connectivity index (χ0v) is 24.7. The molecule has 2 rings (SSSR count). The van der Waals surface area contributed by atoms with Crippen molar-refractivity contribution in [3.05, 3.63) is 18.2 Å². The molecule has 6 nitrogen and oxygen atoms in total. The number of nitrogens with zero attached hydrogens (tertiary/aromatic N) is 4. The molecule has 2 N–H and O–H groups in total. The molecule has 2 aromatic heterocycles. The summed E-state index contributed by atoms with van der Waals surface area (Å²) in [4.78, 5) is 20.2. The fourth-order valence-corrected chi connectivity index (χ4v) is 3.75. The van der Waals surface area contributed by atoms with Crippen LogP contribution in [0.25, 0.3) is 11.0 Å². The van der Waals surface area contributed by atoms with Crippen molar-refractivity contribution in [2.24, 2.45) is 0 Å². The van der Waals surface area contributed by atoms with Crippen LogP contribution in [0.4, 0.5) is 5.69 Å². The third kappa shape index (κ3) is 2.71. The van der Waals surface area contributed by atoms with Crippen LogP contribution in [-0.2, 0) is 19.4 Å². The first-order valence-corrected chi connectivity index (χ1v) is 11.6. The van der Waals surface area contributed by atoms with Gasteiger partial charge in [0.2, 0.25) is 0 Å². The molecule has 0 saturated heterocycles. The van der Waals surface area contributed by atoms with Crippen LogP contribution in [0.1, 0.15) is 10.5 Å². The Labute approximate surface area is 173 Å². The molecule has 2 heterocycles. The van der Waals surface area contributed by atoms with E-state index in [0.717, 1.165) is 5.52 Å². The van der Waals surface area contributed by atoms with Gasteiger partial charge in [-0.2, -0.15) is 0 Å². The maximum atomic E-state index is 12.0. The summed E-state index contributed by atoms with van der Waals surface area (Å²) in [6, 6.07) is 0. The molecule has 0 aliphatic heterocycles. The molecular weight excluding hydrogens is 668 g/mol. The van der Waals surface area contributed by atoms with Gasteiger partial charge in [-0.15, -0.1) is 0 Å². The van der Waals surface area contributed by atoms with Crippen molar-refractivity contribution in [2.45, 2.75) is 0 Å². The summed E-state index contributed by atoms with van der Waals surface area (Å²) in [5.41, 5.74) is 8.35. The average Bonchev–Trinajstić information content (AvgIpc) is 2.54. The fourth-order valence-electron chi connectivity index (χ4n) is 1.41. The number of carbonyl (C=O) groups excluding carboxylic acids is 1. The summed E-state index contributed by atoms with van der Waals surface area (Å²) in [5, 5.41) is 0. The molecule has 2 aromatic rings. The van der Waals surface area contributed by atoms with Crippen LogP contribution in [0, 0.1) is 43.2 Å². The molecule has 0 spiro atoms. The molecule has 0 aliphatic carbocycles. The van der Waals surface area contributed by atoms with E-state index in [2.05, 4.69) is 9.97 Å². The van der Waals surface area contributed by atoms with E-state index in [1.165, 1.54) is 25.8 Å². The first-order valence-electron chi connectivity index (χ1n) is 4.51. The van der Waals surface area contributed by atoms with Crippen molar-refractivity contribution in [3.63, 3.8) is 0 Å². The summed E-state index contributed by atoms with van der Waals surface area (Å²) < 4.78 is 3.79. The number of nitrogen functional groups attached to an aromatic ring is 1. The first kappa shape index (κ1) is 14.2. The SMILES string of the molecule is Nc1c[n]([Re])c2c(C(=O)[N]([Rb])[RaH])ncnc12. The van der Waals surface area contributed by atoms with Gasteiger partial charge < -0.3 is 0 Å². The second-order valence-corrected chi connectivity index (χ2v) is 31.7. The van der Waals surface area contributed by atoms with E-state index in [1.807, 2.05) is -2.62 Å². The van der Waals surface area contributed by atoms with Crippen molar-refractivity contribution >= 4 is 78.7 Å². The van der Waals surface area contributed by atoms with E-state index in [1.54, 1.807) is 6.20 Å². The third-order valence-electron chi connectivity index (χ3n) is 2.17. The molecule has 0 aromatic carbocycles. The van der Waals surface area contributed by atoms with E-state index < -0.39 is 0 Å². The van der Waals surface area contributed by atoms with E-state index >= 15 is 0 Å². The Hall–Kier alpha value is 1.83. The van der Waals surface area contributed by atoms with E-state index in [4.69, 9.17) is 5.73 Å². The number of hydrogen-bond acceptors (Lipinski definition) is 4. The Morgan fingerprint density at radius 3 is 2.94 bits per heavy atom. The molecule has 0 unspecified atom stereocenters. The van der Waals surface area contributed by atoms with Crippen molar-refractivity contribution in [3.8, 4) is 0 Å². The number of fused-ring (bicyclic) bond motifs is 1. The second kappa shape index (κ2) is 5.86. The topological polar surface area (TPSA) is 77.0 Å². The Morgan fingerprint density at radius 1 is 1.62 bits per heavy atom. The number of anilines is 1. The Balaban J connectivity index is 2.76. The summed E-state index contributed by atoms with van der Waals surface area (Å²) >= 11 is 1.72. The van der Waals surface area contributed by atoms with Gasteiger partial charge in [-0.1, -0.05) is 0 Å². The molecule has 9 heteroatoms. The average molecular weight is 673 g/mol. The Bertz CT molecular complexity index is 571. The van der Waals surface area contributed by atoms with Gasteiger partial charge in [-0.3, -0.25) is 0 Å². The van der Waals surface area contributed by atoms with Gasteiger partial charge in [-0.25, -0.2) is 0 Å². The molecule has 74 valence electrons. The molecule has 0 fully saturated rings. The summed E-state index contributed by atoms with van der Waals surface area (Å²) in [6.45, 7) is 0. The second-order valence-electron chi connectivity index (χ2n) is 3.51. The molecule has 0 atom stereocenters. The summed E-state index contributed by atoms with van der Waals surface area (Å²) in [6.07, 6.45) is 3.20. The number of amides is 1. The molecule has 0 saturated carbocycles. The van der Waals surface area contributed by atoms with E-state index in [9.17, 15) is 4.79 Å². The van der Waals surface area contributed by atoms with Crippen LogP contribution in [0.15, 0.2) is 12.5 Å². The quantitative estimate of drug-likeness (QED) is 0.424. The van der Waals surface area contributed by atoms with Crippen molar-refractivity contribution in [2.75, 3.05) is 5.73 Å². The van der Waals surface area contributed by atoms with Gasteiger partial charge in [0.05, 0.1) is 0 Å². The van der Waals surface area contributed by atoms with Gasteiger partial charge >= 0.3 is 177 Å². The first-order chi connectivity index (χ1) is 7.52. The number of aromatic nitrogens is 3. The Kier molecular flexibility index (Phi) is 5.21. The minimum absolute atomic E-state index is 0.0456. The molecule has 1 amide bonds. The fraction of sp³-hybridized carbons (Fsp3) is 0. The van der Waals surface area contributed by atoms with Crippen LogP contribution in [0.2, 0.25) is 0 Å². The van der Waals surface area contributed by atoms with Gasteiger partial charge in [-0.05, 0) is 0 Å². The normalized spacial score (nSPS) is 10.6. The molecule has 16 heavy (non-hydrogen) atoms. The molecule has 0 radical (unpaired) electrons. The third-order valence-corrected chi connectivity index (χ3v) is 5.80.